The molecule has 70 heavy (non-hydrogen) atoms. The molecule has 15 N–H and O–H groups in total. The minimum Gasteiger partial charge on any atom is -0.504 e. The molecule has 3 saturated heterocycles. The number of rotatable bonds is 13. The molecule has 3 aliphatic rings. The van der Waals surface area contributed by atoms with E-state index in [4.69, 9.17) is 9.47 Å². The van der Waals surface area contributed by atoms with Gasteiger partial charge in [-0.1, -0.05) is 13.0 Å². The number of hydrogen-bond donors (Lipinski definition) is 15. The lowest BCUT2D eigenvalue weighted by Gasteiger charge is -2.34. The fourth-order valence-corrected chi connectivity index (χ4v) is 8.37. The summed E-state index contributed by atoms with van der Waals surface area (Å²) in [4.78, 5) is 101. The number of ether oxygens (including phenoxy) is 2. The molecule has 4 rings (SSSR count). The Bertz CT molecular complexity index is 2000. The molecular formula is C44H70N8O18. The summed E-state index contributed by atoms with van der Waals surface area (Å²) >= 11 is 0. The van der Waals surface area contributed by atoms with Crippen molar-refractivity contribution in [2.45, 2.75) is 145 Å². The second kappa shape index (κ2) is 25.1. The number of alkyl carbamates (subject to hydrolysis) is 1. The van der Waals surface area contributed by atoms with Gasteiger partial charge in [-0.25, -0.2) is 4.79 Å². The average Bonchev–Trinajstić information content (AvgIpc) is 3.83. The molecule has 0 radical (unpaired) electrons. The van der Waals surface area contributed by atoms with Crippen LogP contribution in [0.5, 0.6) is 11.5 Å². The maximum absolute atomic E-state index is 14.7. The van der Waals surface area contributed by atoms with E-state index in [1.165, 1.54) is 53.0 Å². The van der Waals surface area contributed by atoms with Gasteiger partial charge in [-0.2, -0.15) is 0 Å². The molecule has 3 heterocycles. The van der Waals surface area contributed by atoms with Gasteiger partial charge in [0.1, 0.15) is 41.9 Å². The minimum atomic E-state index is -2.06. The van der Waals surface area contributed by atoms with Crippen molar-refractivity contribution in [2.24, 2.45) is 5.92 Å². The molecule has 0 spiro atoms. The highest BCUT2D eigenvalue weighted by atomic mass is 16.6. The summed E-state index contributed by atoms with van der Waals surface area (Å²) in [6.07, 6.45) is -13.1. The van der Waals surface area contributed by atoms with E-state index in [9.17, 15) is 79.5 Å². The van der Waals surface area contributed by atoms with E-state index in [-0.39, 0.29) is 36.6 Å². The number of aliphatic hydroxyl groups excluding tert-OH is 8. The molecule has 1 aromatic rings. The Morgan fingerprint density at radius 3 is 2.07 bits per heavy atom. The molecular weight excluding hydrogens is 929 g/mol. The van der Waals surface area contributed by atoms with Gasteiger partial charge in [0, 0.05) is 44.8 Å². The van der Waals surface area contributed by atoms with E-state index in [0.717, 1.165) is 16.7 Å². The molecule has 3 fully saturated rings. The lowest BCUT2D eigenvalue weighted by Crippen LogP contribution is -2.64. The third kappa shape index (κ3) is 15.0. The van der Waals surface area contributed by atoms with E-state index < -0.39 is 178 Å². The molecule has 0 aliphatic carbocycles. The molecule has 3 aliphatic heterocycles. The van der Waals surface area contributed by atoms with Gasteiger partial charge in [0.05, 0.1) is 63.0 Å². The van der Waals surface area contributed by atoms with Crippen LogP contribution >= 0.6 is 0 Å². The topological polar surface area (TPSA) is 399 Å². The molecule has 0 saturated carbocycles. The molecule has 0 aromatic heterocycles. The van der Waals surface area contributed by atoms with Crippen LogP contribution in [0.25, 0.3) is 0 Å². The lowest BCUT2D eigenvalue weighted by molar-refractivity contribution is -0.147. The van der Waals surface area contributed by atoms with Crippen molar-refractivity contribution in [3.05, 3.63) is 23.8 Å². The molecule has 26 nitrogen and oxygen atoms in total. The summed E-state index contributed by atoms with van der Waals surface area (Å²) in [7, 11) is 1.26. The fraction of sp³-hybridized carbons (Fsp3) is 0.705. The third-order valence-electron chi connectivity index (χ3n) is 12.1. The van der Waals surface area contributed by atoms with E-state index in [2.05, 4.69) is 31.9 Å². The first-order valence-corrected chi connectivity index (χ1v) is 23.0. The van der Waals surface area contributed by atoms with Crippen molar-refractivity contribution in [2.75, 3.05) is 46.5 Å². The maximum Gasteiger partial charge on any atom is 0.408 e. The minimum absolute atomic E-state index is 0.0203. The van der Waals surface area contributed by atoms with Crippen molar-refractivity contribution < 1.29 is 89.0 Å². The summed E-state index contributed by atoms with van der Waals surface area (Å²) in [6, 6.07) is -7.92. The summed E-state index contributed by atoms with van der Waals surface area (Å²) < 4.78 is 10.5. The fourth-order valence-electron chi connectivity index (χ4n) is 8.37. The van der Waals surface area contributed by atoms with Crippen molar-refractivity contribution >= 4 is 41.5 Å². The van der Waals surface area contributed by atoms with Gasteiger partial charge in [0.25, 0.3) is 0 Å². The van der Waals surface area contributed by atoms with Gasteiger partial charge in [-0.05, 0) is 58.4 Å². The van der Waals surface area contributed by atoms with Crippen LogP contribution in [0.15, 0.2) is 18.2 Å². The molecule has 0 bridgehead atoms. The summed E-state index contributed by atoms with van der Waals surface area (Å²) in [5.41, 5.74) is -0.815. The standard InChI is InChI=1S/C44H70N8O18/c1-20-16-52-35(36(20)61)40(65)46-15-24(56)13-26(47-43(68)70-44(3,4)5)37(62)48-32(21(2)55)41(66)51-17-25(57)14-27(51)38(63)49-33(30(60)11-22-7-8-28(58)31(12-22)69-6)39(64)50-34(42(52)67)29(59)9-10-45-23(18-53)19-54/h7-8,12,20-21,23-27,29-30,32-36,45,53-61H,9-11,13-19H2,1-6H3,(H,46,65)(H,47,68)(H,48,62)(H,49,63)(H,50,64)/t20-,21+,24+,25+,26-,27-,29+,30+,32-,33-,34-,35-,36-/m0/s1. The predicted octanol–water partition coefficient (Wildman–Crippen LogP) is -6.22. The molecule has 26 heteroatoms. The summed E-state index contributed by atoms with van der Waals surface area (Å²) in [6.45, 7) is 4.54. The summed E-state index contributed by atoms with van der Waals surface area (Å²) in [5.74, 6) is -7.95. The zero-order chi connectivity index (χ0) is 52.4. The normalized spacial score (nSPS) is 29.1. The second-order valence-electron chi connectivity index (χ2n) is 19.0. The average molecular weight is 999 g/mol. The Kier molecular flexibility index (Phi) is 20.5. The monoisotopic (exact) mass is 998 g/mol. The van der Waals surface area contributed by atoms with E-state index in [1.54, 1.807) is 0 Å². The van der Waals surface area contributed by atoms with Crippen LogP contribution in [0.2, 0.25) is 0 Å². The molecule has 13 atom stereocenters. The number of nitrogens with zero attached hydrogens (tertiary/aromatic N) is 2. The number of benzene rings is 1. The van der Waals surface area contributed by atoms with Crippen LogP contribution in [0.1, 0.15) is 59.4 Å². The first-order chi connectivity index (χ1) is 32.8. The number of aliphatic hydroxyl groups is 8. The highest BCUT2D eigenvalue weighted by Gasteiger charge is 2.49. The van der Waals surface area contributed by atoms with E-state index >= 15 is 0 Å². The zero-order valence-electron chi connectivity index (χ0n) is 40.0. The van der Waals surface area contributed by atoms with Crippen LogP contribution in [-0.4, -0.2) is 228 Å². The molecule has 7 amide bonds. The van der Waals surface area contributed by atoms with E-state index in [1.807, 2.05) is 0 Å². The van der Waals surface area contributed by atoms with Gasteiger partial charge >= 0.3 is 6.09 Å². The number of carbonyl (C=O) groups is 7. The Hall–Kier alpha value is -5.45. The number of β-amino-alcohol motifs (C(OH)–C–C–N with tert-alkyl or cyclic N) is 1. The number of carbonyl (C=O) groups excluding carboxylic acids is 7. The van der Waals surface area contributed by atoms with Gasteiger partial charge in [0.15, 0.2) is 11.5 Å². The third-order valence-corrected chi connectivity index (χ3v) is 12.1. The van der Waals surface area contributed by atoms with Crippen molar-refractivity contribution in [1.82, 2.24) is 41.7 Å². The van der Waals surface area contributed by atoms with Gasteiger partial charge in [0.2, 0.25) is 35.4 Å². The van der Waals surface area contributed by atoms with Crippen LogP contribution < -0.4 is 36.6 Å². The number of aromatic hydroxyl groups is 1. The Morgan fingerprint density at radius 1 is 0.829 bits per heavy atom. The smallest absolute Gasteiger partial charge is 0.408 e. The number of phenols is 1. The van der Waals surface area contributed by atoms with Crippen LogP contribution in [-0.2, 0) is 39.9 Å². The zero-order valence-corrected chi connectivity index (χ0v) is 40.0. The largest absolute Gasteiger partial charge is 0.504 e. The quantitative estimate of drug-likeness (QED) is 0.0874. The predicted molar refractivity (Wildman–Crippen MR) is 242 cm³/mol. The number of hydrogen-bond acceptors (Lipinski definition) is 19. The number of nitrogens with one attached hydrogen (secondary N) is 6. The van der Waals surface area contributed by atoms with Crippen LogP contribution in [0.3, 0.4) is 0 Å². The van der Waals surface area contributed by atoms with Gasteiger partial charge in [-0.3, -0.25) is 28.8 Å². The highest BCUT2D eigenvalue weighted by molar-refractivity contribution is 5.98. The Morgan fingerprint density at radius 2 is 1.46 bits per heavy atom. The van der Waals surface area contributed by atoms with Gasteiger partial charge in [-0.15, -0.1) is 0 Å². The number of methoxy groups -OCH3 is 1. The molecule has 0 unspecified atom stereocenters. The number of amides is 7. The Labute approximate surface area is 404 Å². The maximum atomic E-state index is 14.7. The first kappa shape index (κ1) is 57.1. The SMILES string of the molecule is COc1cc(C[C@@H](O)[C@@H]2NC(=O)[C@@H]3C[C@@H](O)CN3C(=O)[C@H]([C@@H](C)O)NC(=O)[C@@H](NC(=O)OC(C)(C)C)C[C@@H](O)CNC(=O)[C@@H]3[C@@H](O)[C@@H](C)CN3C(=O)[C@H]([C@H](O)CCNC(CO)CO)NC2=O)ccc1O. The van der Waals surface area contributed by atoms with Crippen LogP contribution in [0, 0.1) is 5.92 Å². The first-order valence-electron chi connectivity index (χ1n) is 23.0. The number of fused-ring (bicyclic) bond motifs is 2. The Balaban J connectivity index is 1.85. The highest BCUT2D eigenvalue weighted by Crippen LogP contribution is 2.29. The summed E-state index contributed by atoms with van der Waals surface area (Å²) in [5, 5.41) is 112. The second-order valence-corrected chi connectivity index (χ2v) is 19.0. The van der Waals surface area contributed by atoms with Crippen molar-refractivity contribution in [1.29, 1.82) is 0 Å². The van der Waals surface area contributed by atoms with Crippen molar-refractivity contribution in [3.63, 3.8) is 0 Å². The molecule has 1 aromatic carbocycles. The number of phenolic OH excluding ortho intramolecular Hbond substituents is 1. The lowest BCUT2D eigenvalue weighted by atomic mass is 9.98. The van der Waals surface area contributed by atoms with E-state index in [0.29, 0.717) is 0 Å². The van der Waals surface area contributed by atoms with Crippen LogP contribution in [0.4, 0.5) is 4.79 Å². The van der Waals surface area contributed by atoms with Crippen molar-refractivity contribution in [3.8, 4) is 11.5 Å². The molecule has 394 valence electrons. The van der Waals surface area contributed by atoms with Gasteiger partial charge < -0.3 is 97.1 Å².